The van der Waals surface area contributed by atoms with Crippen LogP contribution in [0.5, 0.6) is 11.5 Å². The van der Waals surface area contributed by atoms with E-state index < -0.39 is 0 Å². The van der Waals surface area contributed by atoms with E-state index in [0.29, 0.717) is 26.3 Å². The first kappa shape index (κ1) is 23.9. The van der Waals surface area contributed by atoms with Crippen molar-refractivity contribution < 1.29 is 14.3 Å². The lowest BCUT2D eigenvalue weighted by atomic mass is 10.1. The van der Waals surface area contributed by atoms with E-state index in [1.807, 2.05) is 24.3 Å². The van der Waals surface area contributed by atoms with E-state index >= 15 is 0 Å². The van der Waals surface area contributed by atoms with E-state index in [2.05, 4.69) is 48.4 Å². The van der Waals surface area contributed by atoms with Crippen molar-refractivity contribution in [3.05, 3.63) is 47.5 Å². The maximum Gasteiger partial charge on any atom is 0.238 e. The van der Waals surface area contributed by atoms with Gasteiger partial charge in [-0.3, -0.25) is 9.69 Å². The summed E-state index contributed by atoms with van der Waals surface area (Å²) in [7, 11) is 0. The minimum Gasteiger partial charge on any atom is -0.494 e. The highest BCUT2D eigenvalue weighted by molar-refractivity contribution is 5.95. The first-order chi connectivity index (χ1) is 15.6. The summed E-state index contributed by atoms with van der Waals surface area (Å²) in [4.78, 5) is 14.9. The summed E-state index contributed by atoms with van der Waals surface area (Å²) in [5.74, 6) is 1.71. The van der Waals surface area contributed by atoms with Crippen LogP contribution in [0.4, 0.5) is 11.4 Å². The Morgan fingerprint density at radius 2 is 1.72 bits per heavy atom. The topological polar surface area (TPSA) is 62.8 Å². The molecule has 3 rings (SSSR count). The number of aryl methyl sites for hydroxylation is 2. The molecule has 1 aliphatic heterocycles. The van der Waals surface area contributed by atoms with Gasteiger partial charge < -0.3 is 20.1 Å². The number of amides is 1. The zero-order valence-electron chi connectivity index (χ0n) is 19.7. The van der Waals surface area contributed by atoms with Gasteiger partial charge in [-0.05, 0) is 69.5 Å². The number of ether oxygens (including phenoxy) is 2. The molecule has 1 aliphatic rings. The van der Waals surface area contributed by atoms with Crippen LogP contribution in [0.15, 0.2) is 36.4 Å². The van der Waals surface area contributed by atoms with Gasteiger partial charge >= 0.3 is 0 Å². The second-order valence-electron chi connectivity index (χ2n) is 8.44. The van der Waals surface area contributed by atoms with Crippen molar-refractivity contribution in [1.29, 1.82) is 0 Å². The SMILES string of the molecule is CCCOc1ccc(NCCOc2c(C)cccc2C)c(NC(=O)CN2CCCCC2)c1. The number of anilines is 2. The molecule has 1 fully saturated rings. The minimum absolute atomic E-state index is 0.00868. The Balaban J connectivity index is 1.60. The number of nitrogens with one attached hydrogen (secondary N) is 2. The number of hydrogen-bond donors (Lipinski definition) is 2. The molecule has 0 atom stereocenters. The molecule has 1 heterocycles. The summed E-state index contributed by atoms with van der Waals surface area (Å²) in [5.41, 5.74) is 3.87. The van der Waals surface area contributed by atoms with Crippen molar-refractivity contribution in [2.45, 2.75) is 46.5 Å². The minimum atomic E-state index is 0.00868. The number of carbonyl (C=O) groups is 1. The molecular weight excluding hydrogens is 402 g/mol. The van der Waals surface area contributed by atoms with Gasteiger partial charge in [-0.2, -0.15) is 0 Å². The first-order valence-electron chi connectivity index (χ1n) is 11.8. The largest absolute Gasteiger partial charge is 0.494 e. The van der Waals surface area contributed by atoms with E-state index in [9.17, 15) is 4.79 Å². The van der Waals surface area contributed by atoms with E-state index in [1.54, 1.807) is 0 Å². The van der Waals surface area contributed by atoms with Crippen LogP contribution in [0.25, 0.3) is 0 Å². The number of rotatable bonds is 11. The maximum absolute atomic E-state index is 12.7. The Labute approximate surface area is 192 Å². The molecule has 2 aromatic rings. The van der Waals surface area contributed by atoms with Crippen molar-refractivity contribution in [3.8, 4) is 11.5 Å². The summed E-state index contributed by atoms with van der Waals surface area (Å²) >= 11 is 0. The highest BCUT2D eigenvalue weighted by Crippen LogP contribution is 2.28. The molecule has 2 aromatic carbocycles. The number of likely N-dealkylation sites (tertiary alicyclic amines) is 1. The fraction of sp³-hybridized carbons (Fsp3) is 0.500. The van der Waals surface area contributed by atoms with Gasteiger partial charge in [-0.15, -0.1) is 0 Å². The van der Waals surface area contributed by atoms with Crippen molar-refractivity contribution >= 4 is 17.3 Å². The van der Waals surface area contributed by atoms with Crippen LogP contribution in [0.3, 0.4) is 0 Å². The second kappa shape index (κ2) is 12.3. The number of benzene rings is 2. The van der Waals surface area contributed by atoms with Crippen LogP contribution < -0.4 is 20.1 Å². The summed E-state index contributed by atoms with van der Waals surface area (Å²) in [6, 6.07) is 11.9. The van der Waals surface area contributed by atoms with Crippen LogP contribution in [0.1, 0.15) is 43.7 Å². The molecule has 0 radical (unpaired) electrons. The standard InChI is InChI=1S/C26H37N3O3/c1-4-16-31-22-11-12-23(27-13-17-32-26-20(2)9-8-10-21(26)3)24(18-22)28-25(30)19-29-14-6-5-7-15-29/h8-12,18,27H,4-7,13-17,19H2,1-3H3,(H,28,30). The molecule has 2 N–H and O–H groups in total. The quantitative estimate of drug-likeness (QED) is 0.482. The van der Waals surface area contributed by atoms with Crippen LogP contribution in [-0.4, -0.2) is 50.2 Å². The summed E-state index contributed by atoms with van der Waals surface area (Å²) in [5, 5.41) is 6.49. The van der Waals surface area contributed by atoms with Gasteiger partial charge in [0.05, 0.1) is 24.5 Å². The van der Waals surface area contributed by atoms with Gasteiger partial charge in [-0.1, -0.05) is 31.5 Å². The molecule has 0 aromatic heterocycles. The summed E-state index contributed by atoms with van der Waals surface area (Å²) in [6.45, 7) is 10.4. The fourth-order valence-corrected chi connectivity index (χ4v) is 3.97. The Morgan fingerprint density at radius 1 is 0.969 bits per heavy atom. The molecule has 0 saturated carbocycles. The predicted molar refractivity (Wildman–Crippen MR) is 131 cm³/mol. The van der Waals surface area contributed by atoms with Gasteiger partial charge in [0.2, 0.25) is 5.91 Å². The van der Waals surface area contributed by atoms with Crippen molar-refractivity contribution in [3.63, 3.8) is 0 Å². The highest BCUT2D eigenvalue weighted by atomic mass is 16.5. The Bertz CT molecular complexity index is 858. The van der Waals surface area contributed by atoms with Crippen molar-refractivity contribution in [2.75, 3.05) is 50.0 Å². The van der Waals surface area contributed by atoms with E-state index in [1.165, 1.54) is 19.3 Å². The Kier molecular flexibility index (Phi) is 9.23. The molecule has 1 saturated heterocycles. The normalized spacial score (nSPS) is 14.1. The Morgan fingerprint density at radius 3 is 2.44 bits per heavy atom. The van der Waals surface area contributed by atoms with Gasteiger partial charge in [0, 0.05) is 12.6 Å². The van der Waals surface area contributed by atoms with Crippen LogP contribution in [0, 0.1) is 13.8 Å². The molecule has 6 heteroatoms. The third-order valence-corrected chi connectivity index (χ3v) is 5.63. The van der Waals surface area contributed by atoms with Crippen LogP contribution in [0.2, 0.25) is 0 Å². The van der Waals surface area contributed by atoms with Crippen molar-refractivity contribution in [1.82, 2.24) is 4.90 Å². The van der Waals surface area contributed by atoms with E-state index in [0.717, 1.165) is 53.5 Å². The predicted octanol–water partition coefficient (Wildman–Crippen LogP) is 5.01. The molecule has 0 unspecified atom stereocenters. The summed E-state index contributed by atoms with van der Waals surface area (Å²) < 4.78 is 11.8. The molecule has 6 nitrogen and oxygen atoms in total. The average molecular weight is 440 g/mol. The second-order valence-corrected chi connectivity index (χ2v) is 8.44. The molecule has 0 bridgehead atoms. The molecule has 32 heavy (non-hydrogen) atoms. The smallest absolute Gasteiger partial charge is 0.238 e. The third-order valence-electron chi connectivity index (χ3n) is 5.63. The fourth-order valence-electron chi connectivity index (χ4n) is 3.97. The molecule has 0 spiro atoms. The number of carbonyl (C=O) groups excluding carboxylic acids is 1. The number of para-hydroxylation sites is 1. The lowest BCUT2D eigenvalue weighted by Gasteiger charge is -2.26. The highest BCUT2D eigenvalue weighted by Gasteiger charge is 2.15. The molecule has 0 aliphatic carbocycles. The Hall–Kier alpha value is -2.73. The number of nitrogens with zero attached hydrogens (tertiary/aromatic N) is 1. The zero-order chi connectivity index (χ0) is 22.8. The van der Waals surface area contributed by atoms with Gasteiger partial charge in [0.1, 0.15) is 18.1 Å². The lowest BCUT2D eigenvalue weighted by molar-refractivity contribution is -0.117. The van der Waals surface area contributed by atoms with Crippen LogP contribution >= 0.6 is 0 Å². The van der Waals surface area contributed by atoms with Gasteiger partial charge in [0.15, 0.2) is 0 Å². The van der Waals surface area contributed by atoms with Crippen molar-refractivity contribution in [2.24, 2.45) is 0 Å². The van der Waals surface area contributed by atoms with E-state index in [4.69, 9.17) is 9.47 Å². The molecule has 174 valence electrons. The first-order valence-corrected chi connectivity index (χ1v) is 11.8. The third kappa shape index (κ3) is 7.16. The summed E-state index contributed by atoms with van der Waals surface area (Å²) in [6.07, 6.45) is 4.53. The van der Waals surface area contributed by atoms with Crippen LogP contribution in [-0.2, 0) is 4.79 Å². The zero-order valence-corrected chi connectivity index (χ0v) is 19.7. The molecular formula is C26H37N3O3. The van der Waals surface area contributed by atoms with Gasteiger partial charge in [-0.25, -0.2) is 0 Å². The van der Waals surface area contributed by atoms with E-state index in [-0.39, 0.29) is 5.91 Å². The monoisotopic (exact) mass is 439 g/mol. The number of piperidine rings is 1. The lowest BCUT2D eigenvalue weighted by Crippen LogP contribution is -2.36. The average Bonchev–Trinajstić information content (AvgIpc) is 2.78. The van der Waals surface area contributed by atoms with Gasteiger partial charge in [0.25, 0.3) is 0 Å². The molecule has 1 amide bonds. The number of hydrogen-bond acceptors (Lipinski definition) is 5. The maximum atomic E-state index is 12.7.